The average molecular weight is 355 g/mol. The molecule has 0 atom stereocenters. The highest BCUT2D eigenvalue weighted by atomic mass is 16.5. The van der Waals surface area contributed by atoms with E-state index in [9.17, 15) is 9.59 Å². The number of anilines is 1. The van der Waals surface area contributed by atoms with Gasteiger partial charge < -0.3 is 19.5 Å². The van der Waals surface area contributed by atoms with Gasteiger partial charge in [0.15, 0.2) is 6.61 Å². The number of ether oxygens (including phenoxy) is 3. The molecule has 1 N–H and O–H groups in total. The van der Waals surface area contributed by atoms with Crippen LogP contribution in [0.3, 0.4) is 0 Å². The van der Waals surface area contributed by atoms with E-state index < -0.39 is 11.9 Å². The largest absolute Gasteiger partial charge is 0.497 e. The molecular formula is C20H21NO5. The van der Waals surface area contributed by atoms with Gasteiger partial charge in [-0.1, -0.05) is 24.3 Å². The molecule has 0 unspecified atom stereocenters. The highest BCUT2D eigenvalue weighted by Gasteiger charge is 2.09. The third-order valence-electron chi connectivity index (χ3n) is 3.33. The van der Waals surface area contributed by atoms with Crippen molar-refractivity contribution in [1.82, 2.24) is 0 Å². The van der Waals surface area contributed by atoms with E-state index in [1.54, 1.807) is 55.7 Å². The van der Waals surface area contributed by atoms with Gasteiger partial charge in [0.05, 0.1) is 19.4 Å². The summed E-state index contributed by atoms with van der Waals surface area (Å²) in [5.41, 5.74) is 1.35. The highest BCUT2D eigenvalue weighted by molar-refractivity contribution is 5.95. The van der Waals surface area contributed by atoms with Crippen LogP contribution in [0.15, 0.2) is 54.6 Å². The summed E-state index contributed by atoms with van der Waals surface area (Å²) in [4.78, 5) is 23.7. The zero-order chi connectivity index (χ0) is 18.8. The predicted octanol–water partition coefficient (Wildman–Crippen LogP) is 3.29. The maximum atomic E-state index is 11.9. The maximum Gasteiger partial charge on any atom is 0.331 e. The summed E-state index contributed by atoms with van der Waals surface area (Å²) in [5.74, 6) is 0.250. The van der Waals surface area contributed by atoms with Crippen molar-refractivity contribution < 1.29 is 23.8 Å². The van der Waals surface area contributed by atoms with Crippen LogP contribution in [0.2, 0.25) is 0 Å². The number of amides is 1. The molecule has 6 nitrogen and oxygen atoms in total. The van der Waals surface area contributed by atoms with Crippen molar-refractivity contribution in [3.05, 3.63) is 60.2 Å². The Morgan fingerprint density at radius 1 is 1.08 bits per heavy atom. The molecule has 0 aliphatic carbocycles. The van der Waals surface area contributed by atoms with Crippen molar-refractivity contribution in [2.75, 3.05) is 25.6 Å². The standard InChI is InChI=1S/C20H21NO5/c1-3-25-18-7-5-4-6-17(18)21-19(22)14-26-20(23)13-10-15-8-11-16(24-2)12-9-15/h4-13H,3,14H2,1-2H3,(H,21,22)/b13-10+. The van der Waals surface area contributed by atoms with Crippen LogP contribution in [0.1, 0.15) is 12.5 Å². The molecule has 2 aromatic carbocycles. The second kappa shape index (κ2) is 9.88. The van der Waals surface area contributed by atoms with Crippen molar-refractivity contribution in [3.63, 3.8) is 0 Å². The van der Waals surface area contributed by atoms with E-state index in [0.29, 0.717) is 18.0 Å². The van der Waals surface area contributed by atoms with Gasteiger partial charge >= 0.3 is 5.97 Å². The van der Waals surface area contributed by atoms with E-state index in [0.717, 1.165) is 11.3 Å². The number of para-hydroxylation sites is 2. The Hall–Kier alpha value is -3.28. The Bertz CT molecular complexity index is 768. The van der Waals surface area contributed by atoms with Crippen molar-refractivity contribution in [2.24, 2.45) is 0 Å². The molecular weight excluding hydrogens is 334 g/mol. The molecule has 0 aliphatic heterocycles. The molecule has 0 aromatic heterocycles. The molecule has 1 amide bonds. The summed E-state index contributed by atoms with van der Waals surface area (Å²) in [6, 6.07) is 14.2. The second-order valence-electron chi connectivity index (χ2n) is 5.19. The number of hydrogen-bond donors (Lipinski definition) is 1. The summed E-state index contributed by atoms with van der Waals surface area (Å²) < 4.78 is 15.4. The molecule has 0 aliphatic rings. The number of carbonyl (C=O) groups is 2. The van der Waals surface area contributed by atoms with E-state index in [1.165, 1.54) is 6.08 Å². The van der Waals surface area contributed by atoms with E-state index in [-0.39, 0.29) is 6.61 Å². The third-order valence-corrected chi connectivity index (χ3v) is 3.33. The number of nitrogens with one attached hydrogen (secondary N) is 1. The minimum absolute atomic E-state index is 0.383. The van der Waals surface area contributed by atoms with Crippen molar-refractivity contribution in [2.45, 2.75) is 6.92 Å². The molecule has 136 valence electrons. The minimum Gasteiger partial charge on any atom is -0.497 e. The number of carbonyl (C=O) groups excluding carboxylic acids is 2. The van der Waals surface area contributed by atoms with Gasteiger partial charge in [-0.3, -0.25) is 4.79 Å². The van der Waals surface area contributed by atoms with Crippen LogP contribution in [0.5, 0.6) is 11.5 Å². The monoisotopic (exact) mass is 355 g/mol. The number of benzene rings is 2. The molecule has 0 heterocycles. The van der Waals surface area contributed by atoms with Crippen molar-refractivity contribution in [3.8, 4) is 11.5 Å². The molecule has 26 heavy (non-hydrogen) atoms. The molecule has 0 radical (unpaired) electrons. The topological polar surface area (TPSA) is 73.9 Å². The van der Waals surface area contributed by atoms with Crippen LogP contribution in [0, 0.1) is 0 Å². The lowest BCUT2D eigenvalue weighted by Gasteiger charge is -2.11. The van der Waals surface area contributed by atoms with Gasteiger partial charge in [-0.05, 0) is 42.8 Å². The molecule has 0 bridgehead atoms. The molecule has 6 heteroatoms. The van der Waals surface area contributed by atoms with E-state index >= 15 is 0 Å². The quantitative estimate of drug-likeness (QED) is 0.581. The summed E-state index contributed by atoms with van der Waals surface area (Å²) in [7, 11) is 1.58. The van der Waals surface area contributed by atoms with Gasteiger partial charge in [0.1, 0.15) is 11.5 Å². The Morgan fingerprint density at radius 3 is 2.50 bits per heavy atom. The molecule has 0 saturated carbocycles. The number of esters is 1. The fourth-order valence-corrected chi connectivity index (χ4v) is 2.10. The molecule has 2 aromatic rings. The molecule has 0 fully saturated rings. The smallest absolute Gasteiger partial charge is 0.331 e. The number of methoxy groups -OCH3 is 1. The first kappa shape index (κ1) is 19.1. The van der Waals surface area contributed by atoms with Crippen LogP contribution in [-0.4, -0.2) is 32.2 Å². The van der Waals surface area contributed by atoms with Gasteiger partial charge in [-0.25, -0.2) is 4.79 Å². The highest BCUT2D eigenvalue weighted by Crippen LogP contribution is 2.23. The van der Waals surface area contributed by atoms with Gasteiger partial charge in [-0.2, -0.15) is 0 Å². The summed E-state index contributed by atoms with van der Waals surface area (Å²) in [6.07, 6.45) is 2.87. The minimum atomic E-state index is -0.603. The lowest BCUT2D eigenvalue weighted by atomic mass is 10.2. The SMILES string of the molecule is CCOc1ccccc1NC(=O)COC(=O)/C=C/c1ccc(OC)cc1. The molecule has 2 rings (SSSR count). The van der Waals surface area contributed by atoms with Gasteiger partial charge in [-0.15, -0.1) is 0 Å². The lowest BCUT2D eigenvalue weighted by molar-refractivity contribution is -0.142. The van der Waals surface area contributed by atoms with E-state index in [2.05, 4.69) is 5.32 Å². The van der Waals surface area contributed by atoms with Gasteiger partial charge in [0, 0.05) is 6.08 Å². The zero-order valence-corrected chi connectivity index (χ0v) is 14.7. The third kappa shape index (κ3) is 5.98. The normalized spacial score (nSPS) is 10.4. The second-order valence-corrected chi connectivity index (χ2v) is 5.19. The van der Waals surface area contributed by atoms with Crippen LogP contribution >= 0.6 is 0 Å². The van der Waals surface area contributed by atoms with Crippen molar-refractivity contribution in [1.29, 1.82) is 0 Å². The molecule has 0 saturated heterocycles. The van der Waals surface area contributed by atoms with Gasteiger partial charge in [0.2, 0.25) is 0 Å². The average Bonchev–Trinajstić information content (AvgIpc) is 2.67. The van der Waals surface area contributed by atoms with E-state index in [4.69, 9.17) is 14.2 Å². The number of rotatable bonds is 8. The first-order valence-corrected chi connectivity index (χ1v) is 8.13. The summed E-state index contributed by atoms with van der Waals surface area (Å²) in [6.45, 7) is 1.96. The predicted molar refractivity (Wildman–Crippen MR) is 99.2 cm³/mol. The van der Waals surface area contributed by atoms with Crippen LogP contribution < -0.4 is 14.8 Å². The number of hydrogen-bond acceptors (Lipinski definition) is 5. The Labute approximate surface area is 152 Å². The van der Waals surface area contributed by atoms with Crippen LogP contribution in [0.25, 0.3) is 6.08 Å². The first-order chi connectivity index (χ1) is 12.6. The Kier molecular flexibility index (Phi) is 7.24. The first-order valence-electron chi connectivity index (χ1n) is 8.13. The maximum absolute atomic E-state index is 11.9. The van der Waals surface area contributed by atoms with E-state index in [1.807, 2.05) is 13.0 Å². The summed E-state index contributed by atoms with van der Waals surface area (Å²) in [5, 5.41) is 2.66. The van der Waals surface area contributed by atoms with Gasteiger partial charge in [0.25, 0.3) is 5.91 Å². The van der Waals surface area contributed by atoms with Crippen LogP contribution in [-0.2, 0) is 14.3 Å². The lowest BCUT2D eigenvalue weighted by Crippen LogP contribution is -2.20. The molecule has 0 spiro atoms. The van der Waals surface area contributed by atoms with Crippen molar-refractivity contribution >= 4 is 23.6 Å². The fourth-order valence-electron chi connectivity index (χ4n) is 2.10. The van der Waals surface area contributed by atoms with Crippen LogP contribution in [0.4, 0.5) is 5.69 Å². The Balaban J connectivity index is 1.83. The fraction of sp³-hybridized carbons (Fsp3) is 0.200. The summed E-state index contributed by atoms with van der Waals surface area (Å²) >= 11 is 0. The Morgan fingerprint density at radius 2 is 1.81 bits per heavy atom. The zero-order valence-electron chi connectivity index (χ0n) is 14.7.